The molecule has 3 aromatic rings. The van der Waals surface area contributed by atoms with Crippen molar-refractivity contribution in [2.24, 2.45) is 0 Å². The van der Waals surface area contributed by atoms with Crippen LogP contribution in [0.2, 0.25) is 0 Å². The van der Waals surface area contributed by atoms with Crippen molar-refractivity contribution in [3.05, 3.63) is 95.6 Å². The number of hydrogen-bond donors (Lipinski definition) is 0. The molecule has 0 saturated heterocycles. The first-order valence-corrected chi connectivity index (χ1v) is 11.4. The van der Waals surface area contributed by atoms with Crippen LogP contribution in [0.4, 0.5) is 0 Å². The maximum atomic E-state index is 6.18. The molecule has 31 heavy (non-hydrogen) atoms. The van der Waals surface area contributed by atoms with Crippen LogP contribution in [0.1, 0.15) is 71.1 Å². The highest BCUT2D eigenvalue weighted by Crippen LogP contribution is 2.40. The fraction of sp³-hybridized carbons (Fsp3) is 0.379. The predicted molar refractivity (Wildman–Crippen MR) is 130 cm³/mol. The van der Waals surface area contributed by atoms with Gasteiger partial charge >= 0.3 is 0 Å². The third-order valence-corrected chi connectivity index (χ3v) is 6.37. The van der Waals surface area contributed by atoms with Crippen LogP contribution in [-0.2, 0) is 5.41 Å². The Morgan fingerprint density at radius 2 is 1.16 bits per heavy atom. The van der Waals surface area contributed by atoms with E-state index in [1.54, 1.807) is 0 Å². The molecular formula is C29H36O2. The van der Waals surface area contributed by atoms with E-state index >= 15 is 0 Å². The van der Waals surface area contributed by atoms with Crippen LogP contribution < -0.4 is 9.47 Å². The minimum atomic E-state index is -0.283. The summed E-state index contributed by atoms with van der Waals surface area (Å²) in [4.78, 5) is 0. The number of benzene rings is 3. The molecule has 2 heteroatoms. The van der Waals surface area contributed by atoms with Crippen molar-refractivity contribution in [1.29, 1.82) is 0 Å². The average Bonchev–Trinajstić information content (AvgIpc) is 2.80. The molecule has 0 radical (unpaired) electrons. The molecule has 2 atom stereocenters. The summed E-state index contributed by atoms with van der Waals surface area (Å²) in [5, 5.41) is 0. The van der Waals surface area contributed by atoms with E-state index in [0.717, 1.165) is 24.3 Å². The molecule has 3 aromatic carbocycles. The molecule has 2 nitrogen and oxygen atoms in total. The molecule has 3 rings (SSSR count). The lowest BCUT2D eigenvalue weighted by Gasteiger charge is -2.32. The zero-order chi connectivity index (χ0) is 22.5. The van der Waals surface area contributed by atoms with Gasteiger partial charge in [-0.05, 0) is 81.5 Å². The number of rotatable bonds is 9. The van der Waals surface area contributed by atoms with Crippen LogP contribution in [0.15, 0.2) is 78.9 Å². The predicted octanol–water partition coefficient (Wildman–Crippen LogP) is 7.79. The van der Waals surface area contributed by atoms with E-state index in [4.69, 9.17) is 9.47 Å². The third kappa shape index (κ3) is 5.31. The maximum Gasteiger partial charge on any atom is 0.120 e. The molecule has 2 unspecified atom stereocenters. The fourth-order valence-corrected chi connectivity index (χ4v) is 3.70. The summed E-state index contributed by atoms with van der Waals surface area (Å²) >= 11 is 0. The molecule has 0 aliphatic rings. The summed E-state index contributed by atoms with van der Waals surface area (Å²) in [6, 6.07) is 27.8. The second-order valence-electron chi connectivity index (χ2n) is 9.09. The highest BCUT2D eigenvalue weighted by Gasteiger charge is 2.31. The van der Waals surface area contributed by atoms with Gasteiger partial charge in [-0.1, -0.05) is 68.4 Å². The first-order chi connectivity index (χ1) is 14.8. The molecule has 0 N–H and O–H groups in total. The molecule has 0 heterocycles. The van der Waals surface area contributed by atoms with Gasteiger partial charge in [0.2, 0.25) is 0 Å². The van der Waals surface area contributed by atoms with Crippen molar-refractivity contribution in [3.63, 3.8) is 0 Å². The summed E-state index contributed by atoms with van der Waals surface area (Å²) in [5.74, 6) is 1.82. The Morgan fingerprint density at radius 3 is 1.65 bits per heavy atom. The second-order valence-corrected chi connectivity index (χ2v) is 9.09. The van der Waals surface area contributed by atoms with Crippen LogP contribution in [0.5, 0.6) is 11.5 Å². The summed E-state index contributed by atoms with van der Waals surface area (Å²) in [6.07, 6.45) is 2.17. The minimum absolute atomic E-state index is 0.171. The average molecular weight is 417 g/mol. The SMILES string of the molecule is CCC(C)Oc1ccc(C(C)(c2ccccc2)c2ccc(OC(C)(C)CC)cc2)cc1. The van der Waals surface area contributed by atoms with E-state index < -0.39 is 0 Å². The highest BCUT2D eigenvalue weighted by atomic mass is 16.5. The molecule has 0 spiro atoms. The summed E-state index contributed by atoms with van der Waals surface area (Å²) < 4.78 is 12.2. The van der Waals surface area contributed by atoms with E-state index in [9.17, 15) is 0 Å². The van der Waals surface area contributed by atoms with Gasteiger partial charge in [-0.25, -0.2) is 0 Å². The molecule has 0 aliphatic heterocycles. The van der Waals surface area contributed by atoms with Crippen LogP contribution in [0, 0.1) is 0 Å². The van der Waals surface area contributed by atoms with Crippen molar-refractivity contribution in [1.82, 2.24) is 0 Å². The van der Waals surface area contributed by atoms with Gasteiger partial charge in [-0.2, -0.15) is 0 Å². The first kappa shape index (κ1) is 22.9. The van der Waals surface area contributed by atoms with E-state index in [2.05, 4.69) is 120 Å². The largest absolute Gasteiger partial charge is 0.491 e. The summed E-state index contributed by atoms with van der Waals surface area (Å²) in [7, 11) is 0. The quantitative estimate of drug-likeness (QED) is 0.331. The molecule has 0 bridgehead atoms. The number of ether oxygens (including phenoxy) is 2. The normalized spacial score (nSPS) is 14.5. The van der Waals surface area contributed by atoms with Crippen molar-refractivity contribution in [2.45, 2.75) is 71.5 Å². The van der Waals surface area contributed by atoms with Gasteiger partial charge in [-0.15, -0.1) is 0 Å². The Labute approximate surface area is 188 Å². The monoisotopic (exact) mass is 416 g/mol. The van der Waals surface area contributed by atoms with E-state index in [1.807, 2.05) is 0 Å². The summed E-state index contributed by atoms with van der Waals surface area (Å²) in [6.45, 7) is 12.9. The summed E-state index contributed by atoms with van der Waals surface area (Å²) in [5.41, 5.74) is 3.27. The Morgan fingerprint density at radius 1 is 0.677 bits per heavy atom. The van der Waals surface area contributed by atoms with Gasteiger partial charge in [0.15, 0.2) is 0 Å². The van der Waals surface area contributed by atoms with Crippen LogP contribution in [-0.4, -0.2) is 11.7 Å². The molecule has 0 fully saturated rings. The second kappa shape index (κ2) is 9.60. The fourth-order valence-electron chi connectivity index (χ4n) is 3.70. The van der Waals surface area contributed by atoms with Crippen LogP contribution in [0.3, 0.4) is 0 Å². The molecule has 0 amide bonds. The lowest BCUT2D eigenvalue weighted by atomic mass is 9.71. The van der Waals surface area contributed by atoms with E-state index in [-0.39, 0.29) is 17.1 Å². The maximum absolute atomic E-state index is 6.18. The van der Waals surface area contributed by atoms with Gasteiger partial charge in [0, 0.05) is 5.41 Å². The Bertz CT molecular complexity index is 942. The third-order valence-electron chi connectivity index (χ3n) is 6.37. The van der Waals surface area contributed by atoms with Crippen LogP contribution in [0.25, 0.3) is 0 Å². The van der Waals surface area contributed by atoms with Gasteiger partial charge in [0.05, 0.1) is 6.10 Å². The standard InChI is InChI=1S/C29H36O2/c1-7-22(3)30-26-18-14-24(15-19-26)29(6,23-12-10-9-11-13-23)25-16-20-27(21-17-25)31-28(4,5)8-2/h9-22H,7-8H2,1-6H3. The zero-order valence-corrected chi connectivity index (χ0v) is 19.8. The zero-order valence-electron chi connectivity index (χ0n) is 19.8. The van der Waals surface area contributed by atoms with Gasteiger partial charge in [0.25, 0.3) is 0 Å². The minimum Gasteiger partial charge on any atom is -0.491 e. The molecule has 0 aliphatic carbocycles. The Kier molecular flexibility index (Phi) is 7.10. The molecule has 164 valence electrons. The van der Waals surface area contributed by atoms with Crippen molar-refractivity contribution in [3.8, 4) is 11.5 Å². The smallest absolute Gasteiger partial charge is 0.120 e. The lowest BCUT2D eigenvalue weighted by Crippen LogP contribution is -2.27. The Hall–Kier alpha value is -2.74. The van der Waals surface area contributed by atoms with Gasteiger partial charge in [-0.3, -0.25) is 0 Å². The van der Waals surface area contributed by atoms with E-state index in [1.165, 1.54) is 16.7 Å². The Balaban J connectivity index is 1.99. The van der Waals surface area contributed by atoms with Gasteiger partial charge < -0.3 is 9.47 Å². The number of hydrogen-bond acceptors (Lipinski definition) is 2. The highest BCUT2D eigenvalue weighted by molar-refractivity contribution is 5.51. The van der Waals surface area contributed by atoms with Crippen molar-refractivity contribution < 1.29 is 9.47 Å². The lowest BCUT2D eigenvalue weighted by molar-refractivity contribution is 0.105. The molecule has 0 aromatic heterocycles. The van der Waals surface area contributed by atoms with Crippen molar-refractivity contribution in [2.75, 3.05) is 0 Å². The molecule has 0 saturated carbocycles. The first-order valence-electron chi connectivity index (χ1n) is 11.4. The van der Waals surface area contributed by atoms with E-state index in [0.29, 0.717) is 0 Å². The van der Waals surface area contributed by atoms with Gasteiger partial charge in [0.1, 0.15) is 17.1 Å². The topological polar surface area (TPSA) is 18.5 Å². The van der Waals surface area contributed by atoms with Crippen molar-refractivity contribution >= 4 is 0 Å². The van der Waals surface area contributed by atoms with Crippen LogP contribution >= 0.6 is 0 Å². The molecular weight excluding hydrogens is 380 g/mol.